The summed E-state index contributed by atoms with van der Waals surface area (Å²) in [5, 5.41) is 11.9. The maximum absolute atomic E-state index is 6.65. The largest absolute Gasteiger partial charge is 0.263 e. The van der Waals surface area contributed by atoms with Crippen molar-refractivity contribution in [2.24, 2.45) is 0 Å². The molecule has 0 aliphatic carbocycles. The fourth-order valence-electron chi connectivity index (χ4n) is 7.14. The molecule has 48 heavy (non-hydrogen) atoms. The molecular formula is C44H29N2PS. The molecule has 0 unspecified atom stereocenters. The van der Waals surface area contributed by atoms with Crippen LogP contribution in [0.15, 0.2) is 176 Å². The van der Waals surface area contributed by atoms with Crippen molar-refractivity contribution in [3.8, 4) is 22.4 Å². The van der Waals surface area contributed by atoms with Crippen LogP contribution in [0.25, 0.3) is 65.6 Å². The van der Waals surface area contributed by atoms with Crippen LogP contribution in [0, 0.1) is 0 Å². The molecule has 226 valence electrons. The fraction of sp³-hybridized carbons (Fsp3) is 0. The van der Waals surface area contributed by atoms with Crippen LogP contribution in [-0.2, 0) is 11.8 Å². The molecule has 9 aromatic rings. The molecule has 7 aromatic carbocycles. The first-order chi connectivity index (χ1) is 23.7. The van der Waals surface area contributed by atoms with Crippen molar-refractivity contribution in [2.75, 3.05) is 0 Å². The zero-order chi connectivity index (χ0) is 32.1. The highest BCUT2D eigenvalue weighted by Crippen LogP contribution is 2.45. The minimum atomic E-state index is -2.35. The predicted molar refractivity (Wildman–Crippen MR) is 209 cm³/mol. The monoisotopic (exact) mass is 648 g/mol. The maximum atomic E-state index is 6.65. The lowest BCUT2D eigenvalue weighted by Crippen LogP contribution is -2.25. The van der Waals surface area contributed by atoms with Crippen molar-refractivity contribution < 1.29 is 0 Å². The van der Waals surface area contributed by atoms with Crippen molar-refractivity contribution in [3.63, 3.8) is 0 Å². The third-order valence-corrected chi connectivity index (χ3v) is 14.3. The highest BCUT2D eigenvalue weighted by Gasteiger charge is 2.26. The van der Waals surface area contributed by atoms with Crippen molar-refractivity contribution in [1.82, 2.24) is 9.97 Å². The maximum Gasteiger partial charge on any atom is 0.0794 e. The van der Waals surface area contributed by atoms with Gasteiger partial charge >= 0.3 is 0 Å². The minimum absolute atomic E-state index is 0.954. The molecule has 0 saturated carbocycles. The van der Waals surface area contributed by atoms with Crippen LogP contribution in [0.3, 0.4) is 0 Å². The number of hydrogen-bond donors (Lipinski definition) is 0. The molecule has 0 radical (unpaired) electrons. The summed E-state index contributed by atoms with van der Waals surface area (Å²) in [7, 11) is 0. The van der Waals surface area contributed by atoms with E-state index in [0.717, 1.165) is 49.2 Å². The van der Waals surface area contributed by atoms with Gasteiger partial charge in [0, 0.05) is 51.0 Å². The van der Waals surface area contributed by atoms with Crippen LogP contribution in [-0.4, -0.2) is 9.97 Å². The Kier molecular flexibility index (Phi) is 6.97. The van der Waals surface area contributed by atoms with Gasteiger partial charge in [0.05, 0.1) is 11.2 Å². The van der Waals surface area contributed by atoms with Gasteiger partial charge in [-0.15, -0.1) is 0 Å². The number of nitrogens with zero attached hydrogens (tertiary/aromatic N) is 2. The lowest BCUT2D eigenvalue weighted by atomic mass is 9.89. The van der Waals surface area contributed by atoms with E-state index in [9.17, 15) is 0 Å². The molecule has 0 aliphatic heterocycles. The Bertz CT molecular complexity index is 2650. The molecule has 2 heterocycles. The van der Waals surface area contributed by atoms with Gasteiger partial charge in [-0.2, -0.15) is 0 Å². The van der Waals surface area contributed by atoms with Crippen LogP contribution in [0.2, 0.25) is 0 Å². The zero-order valence-electron chi connectivity index (χ0n) is 26.0. The van der Waals surface area contributed by atoms with Gasteiger partial charge in [-0.05, 0) is 49.9 Å². The first-order valence-electron chi connectivity index (χ1n) is 16.1. The number of aromatic nitrogens is 2. The average molecular weight is 649 g/mol. The summed E-state index contributed by atoms with van der Waals surface area (Å²) in [6.45, 7) is 0. The van der Waals surface area contributed by atoms with E-state index in [1.54, 1.807) is 0 Å². The third kappa shape index (κ3) is 4.58. The smallest absolute Gasteiger partial charge is 0.0794 e. The molecule has 0 fully saturated rings. The van der Waals surface area contributed by atoms with Gasteiger partial charge in [0.1, 0.15) is 0 Å². The number of fused-ring (bicyclic) bond motifs is 8. The standard InChI is InChI=1S/C44H29N2PS/c48-47(33-16-6-2-7-17-33,34-18-8-3-9-19-34)35-26-32(28-45-29-35)31-24-25-40-41(27-31)46-44(30-14-4-1-5-15-30)43-39-23-13-11-21-37(39)36-20-10-12-22-38(36)42(40)43/h1-29H. The molecule has 0 N–H and O–H groups in total. The van der Waals surface area contributed by atoms with Crippen molar-refractivity contribution in [2.45, 2.75) is 0 Å². The van der Waals surface area contributed by atoms with E-state index in [2.05, 4.69) is 152 Å². The summed E-state index contributed by atoms with van der Waals surface area (Å²) in [5.41, 5.74) is 5.14. The molecule has 0 bridgehead atoms. The van der Waals surface area contributed by atoms with E-state index in [1.807, 2.05) is 24.5 Å². The summed E-state index contributed by atoms with van der Waals surface area (Å²) < 4.78 is 0. The van der Waals surface area contributed by atoms with E-state index in [1.165, 1.54) is 32.3 Å². The van der Waals surface area contributed by atoms with Crippen LogP contribution in [0.1, 0.15) is 0 Å². The van der Waals surface area contributed by atoms with Crippen LogP contribution < -0.4 is 15.9 Å². The second kappa shape index (κ2) is 11.6. The van der Waals surface area contributed by atoms with Crippen LogP contribution in [0.4, 0.5) is 0 Å². The molecule has 0 spiro atoms. The Morgan fingerprint density at radius 2 is 0.938 bits per heavy atom. The van der Waals surface area contributed by atoms with E-state index >= 15 is 0 Å². The molecule has 0 amide bonds. The van der Waals surface area contributed by atoms with E-state index in [4.69, 9.17) is 21.8 Å². The molecule has 4 heteroatoms. The first kappa shape index (κ1) is 28.7. The van der Waals surface area contributed by atoms with Gasteiger partial charge < -0.3 is 0 Å². The Labute approximate surface area is 284 Å². The molecule has 2 nitrogen and oxygen atoms in total. The summed E-state index contributed by atoms with van der Waals surface area (Å²) in [6, 6.07) is 55.6. The molecule has 0 saturated heterocycles. The van der Waals surface area contributed by atoms with Gasteiger partial charge in [0.25, 0.3) is 0 Å². The lowest BCUT2D eigenvalue weighted by Gasteiger charge is -2.24. The summed E-state index contributed by atoms with van der Waals surface area (Å²) in [6.07, 6.45) is 3.91. The molecular weight excluding hydrogens is 620 g/mol. The highest BCUT2D eigenvalue weighted by atomic mass is 32.4. The topological polar surface area (TPSA) is 25.8 Å². The number of benzene rings is 7. The molecule has 0 atom stereocenters. The number of hydrogen-bond acceptors (Lipinski definition) is 3. The van der Waals surface area contributed by atoms with E-state index in [0.29, 0.717) is 0 Å². The van der Waals surface area contributed by atoms with Gasteiger partial charge in [-0.25, -0.2) is 4.98 Å². The van der Waals surface area contributed by atoms with Crippen LogP contribution in [0.5, 0.6) is 0 Å². The minimum Gasteiger partial charge on any atom is -0.263 e. The number of rotatable bonds is 5. The summed E-state index contributed by atoms with van der Waals surface area (Å²) in [4.78, 5) is 10.2. The molecule has 0 aliphatic rings. The van der Waals surface area contributed by atoms with Gasteiger partial charge in [-0.3, -0.25) is 4.98 Å². The normalized spacial score (nSPS) is 11.8. The lowest BCUT2D eigenvalue weighted by molar-refractivity contribution is 1.35. The van der Waals surface area contributed by atoms with E-state index in [-0.39, 0.29) is 0 Å². The second-order valence-electron chi connectivity index (χ2n) is 12.1. The van der Waals surface area contributed by atoms with Crippen molar-refractivity contribution in [1.29, 1.82) is 0 Å². The summed E-state index contributed by atoms with van der Waals surface area (Å²) in [5.74, 6) is 0. The molecule has 9 rings (SSSR count). The predicted octanol–water partition coefficient (Wildman–Crippen LogP) is 10.2. The molecule has 2 aromatic heterocycles. The van der Waals surface area contributed by atoms with Gasteiger partial charge in [0.15, 0.2) is 0 Å². The third-order valence-electron chi connectivity index (χ3n) is 9.38. The van der Waals surface area contributed by atoms with Gasteiger partial charge in [-0.1, -0.05) is 163 Å². The Morgan fingerprint density at radius 1 is 0.396 bits per heavy atom. The Balaban J connectivity index is 1.31. The SMILES string of the molecule is S=P(c1ccccc1)(c1ccccc1)c1cncc(-c2ccc3c(c2)nc(-c2ccccc2)c2c4ccccc4c4ccccc4c32)c1. The summed E-state index contributed by atoms with van der Waals surface area (Å²) >= 11 is 6.65. The zero-order valence-corrected chi connectivity index (χ0v) is 27.7. The van der Waals surface area contributed by atoms with Crippen LogP contribution >= 0.6 is 6.04 Å². The average Bonchev–Trinajstić information content (AvgIpc) is 3.18. The highest BCUT2D eigenvalue weighted by molar-refractivity contribution is 8.25. The quantitative estimate of drug-likeness (QED) is 0.137. The second-order valence-corrected chi connectivity index (χ2v) is 16.5. The van der Waals surface area contributed by atoms with Crippen molar-refractivity contribution in [3.05, 3.63) is 176 Å². The number of pyridine rings is 2. The first-order valence-corrected chi connectivity index (χ1v) is 18.9. The van der Waals surface area contributed by atoms with Crippen molar-refractivity contribution >= 4 is 77.0 Å². The van der Waals surface area contributed by atoms with E-state index < -0.39 is 6.04 Å². The fourth-order valence-corrected chi connectivity index (χ4v) is 10.8. The Hall–Kier alpha value is -5.47. The van der Waals surface area contributed by atoms with Gasteiger partial charge in [0.2, 0.25) is 0 Å². The Morgan fingerprint density at radius 3 is 1.56 bits per heavy atom.